The number of carbonyl (C=O) groups is 2. The van der Waals surface area contributed by atoms with Gasteiger partial charge in [-0.1, -0.05) is 30.3 Å². The Labute approximate surface area is 127 Å². The summed E-state index contributed by atoms with van der Waals surface area (Å²) >= 11 is 0. The lowest BCUT2D eigenvalue weighted by atomic mass is 10.0. The average Bonchev–Trinajstić information content (AvgIpc) is 2.57. The van der Waals surface area contributed by atoms with E-state index in [0.29, 0.717) is 16.7 Å². The summed E-state index contributed by atoms with van der Waals surface area (Å²) in [7, 11) is 2.65. The normalized spacial score (nSPS) is 11.8. The molecule has 0 heterocycles. The first-order valence-electron chi connectivity index (χ1n) is 6.67. The van der Waals surface area contributed by atoms with E-state index in [0.717, 1.165) is 5.39 Å². The summed E-state index contributed by atoms with van der Waals surface area (Å²) in [6.07, 6.45) is 0. The molecular weight excluding hydrogens is 286 g/mol. The van der Waals surface area contributed by atoms with E-state index in [1.807, 2.05) is 24.3 Å². The van der Waals surface area contributed by atoms with E-state index in [9.17, 15) is 14.7 Å². The molecule has 2 rings (SSSR count). The van der Waals surface area contributed by atoms with Crippen LogP contribution in [0.25, 0.3) is 10.8 Å². The predicted molar refractivity (Wildman–Crippen MR) is 80.9 cm³/mol. The topological polar surface area (TPSA) is 84.9 Å². The van der Waals surface area contributed by atoms with Crippen molar-refractivity contribution in [3.05, 3.63) is 42.0 Å². The Balaban J connectivity index is 2.44. The lowest BCUT2D eigenvalue weighted by molar-refractivity contribution is -0.143. The number of benzene rings is 2. The third-order valence-corrected chi connectivity index (χ3v) is 3.31. The van der Waals surface area contributed by atoms with Gasteiger partial charge >= 0.3 is 5.97 Å². The van der Waals surface area contributed by atoms with Crippen LogP contribution in [0.3, 0.4) is 0 Å². The standard InChI is InChI=1S/C16H17NO5/c1-21-13-8-7-10-5-3-4-6-11(10)14(13)15(19)17-12(9-18)16(20)22-2/h3-8,12,18H,9H2,1-2H3,(H,17,19)/t12-/m0/s1. The van der Waals surface area contributed by atoms with Crippen LogP contribution < -0.4 is 10.1 Å². The van der Waals surface area contributed by atoms with Crippen LogP contribution in [0.2, 0.25) is 0 Å². The number of esters is 1. The first kappa shape index (κ1) is 15.8. The number of methoxy groups -OCH3 is 2. The molecule has 0 aromatic heterocycles. The second-order valence-electron chi connectivity index (χ2n) is 4.60. The highest BCUT2D eigenvalue weighted by atomic mass is 16.5. The second kappa shape index (κ2) is 6.91. The Hall–Kier alpha value is -2.60. The van der Waals surface area contributed by atoms with Gasteiger partial charge in [0.1, 0.15) is 5.75 Å². The van der Waals surface area contributed by atoms with Gasteiger partial charge in [0.25, 0.3) is 5.91 Å². The Kier molecular flexibility index (Phi) is 4.95. The summed E-state index contributed by atoms with van der Waals surface area (Å²) in [5.41, 5.74) is 0.308. The molecule has 0 spiro atoms. The molecule has 0 unspecified atom stereocenters. The molecule has 0 aliphatic rings. The Morgan fingerprint density at radius 1 is 1.18 bits per heavy atom. The van der Waals surface area contributed by atoms with Gasteiger partial charge in [-0.15, -0.1) is 0 Å². The largest absolute Gasteiger partial charge is 0.496 e. The van der Waals surface area contributed by atoms with Crippen molar-refractivity contribution < 1.29 is 24.2 Å². The quantitative estimate of drug-likeness (QED) is 0.808. The average molecular weight is 303 g/mol. The summed E-state index contributed by atoms with van der Waals surface area (Å²) < 4.78 is 9.78. The van der Waals surface area contributed by atoms with Crippen LogP contribution in [0.4, 0.5) is 0 Å². The summed E-state index contributed by atoms with van der Waals surface area (Å²) in [5, 5.41) is 13.2. The van der Waals surface area contributed by atoms with Crippen molar-refractivity contribution in [3.8, 4) is 5.75 Å². The van der Waals surface area contributed by atoms with E-state index in [4.69, 9.17) is 4.74 Å². The lowest BCUT2D eigenvalue weighted by Crippen LogP contribution is -2.44. The van der Waals surface area contributed by atoms with E-state index >= 15 is 0 Å². The predicted octanol–water partition coefficient (Wildman–Crippen LogP) is 1.11. The zero-order chi connectivity index (χ0) is 16.1. The number of fused-ring (bicyclic) bond motifs is 1. The van der Waals surface area contributed by atoms with Crippen molar-refractivity contribution in [1.29, 1.82) is 0 Å². The van der Waals surface area contributed by atoms with Crippen molar-refractivity contribution in [2.45, 2.75) is 6.04 Å². The van der Waals surface area contributed by atoms with Crippen molar-refractivity contribution in [1.82, 2.24) is 5.32 Å². The summed E-state index contributed by atoms with van der Waals surface area (Å²) in [4.78, 5) is 24.0. The fourth-order valence-corrected chi connectivity index (χ4v) is 2.21. The molecule has 0 aliphatic carbocycles. The van der Waals surface area contributed by atoms with Crippen LogP contribution in [0.5, 0.6) is 5.75 Å². The van der Waals surface area contributed by atoms with Gasteiger partial charge in [0.2, 0.25) is 0 Å². The third-order valence-electron chi connectivity index (χ3n) is 3.31. The second-order valence-corrected chi connectivity index (χ2v) is 4.60. The molecule has 0 saturated heterocycles. The number of hydrogen-bond donors (Lipinski definition) is 2. The maximum Gasteiger partial charge on any atom is 0.330 e. The van der Waals surface area contributed by atoms with Gasteiger partial charge < -0.3 is 19.9 Å². The van der Waals surface area contributed by atoms with Crippen molar-refractivity contribution >= 4 is 22.6 Å². The summed E-state index contributed by atoms with van der Waals surface area (Å²) in [6.45, 7) is -0.550. The number of ether oxygens (including phenoxy) is 2. The number of aliphatic hydroxyl groups is 1. The van der Waals surface area contributed by atoms with Crippen molar-refractivity contribution in [3.63, 3.8) is 0 Å². The molecule has 0 aliphatic heterocycles. The van der Waals surface area contributed by atoms with Crippen LogP contribution in [0.15, 0.2) is 36.4 Å². The van der Waals surface area contributed by atoms with E-state index < -0.39 is 24.5 Å². The Bertz CT molecular complexity index is 698. The van der Waals surface area contributed by atoms with Gasteiger partial charge in [0.05, 0.1) is 26.4 Å². The highest BCUT2D eigenvalue weighted by Gasteiger charge is 2.24. The Morgan fingerprint density at radius 3 is 2.55 bits per heavy atom. The summed E-state index contributed by atoms with van der Waals surface area (Å²) in [5.74, 6) is -0.842. The third kappa shape index (κ3) is 3.01. The van der Waals surface area contributed by atoms with E-state index in [-0.39, 0.29) is 0 Å². The number of nitrogens with one attached hydrogen (secondary N) is 1. The van der Waals surface area contributed by atoms with E-state index in [1.165, 1.54) is 14.2 Å². The van der Waals surface area contributed by atoms with Crippen LogP contribution >= 0.6 is 0 Å². The van der Waals surface area contributed by atoms with Gasteiger partial charge in [0, 0.05) is 0 Å². The van der Waals surface area contributed by atoms with Crippen LogP contribution in [-0.2, 0) is 9.53 Å². The minimum Gasteiger partial charge on any atom is -0.496 e. The number of rotatable bonds is 5. The smallest absolute Gasteiger partial charge is 0.330 e. The molecule has 22 heavy (non-hydrogen) atoms. The molecule has 6 heteroatoms. The van der Waals surface area contributed by atoms with Gasteiger partial charge in [-0.3, -0.25) is 4.79 Å². The van der Waals surface area contributed by atoms with Crippen molar-refractivity contribution in [2.24, 2.45) is 0 Å². The first-order valence-corrected chi connectivity index (χ1v) is 6.67. The fraction of sp³-hybridized carbons (Fsp3) is 0.250. The van der Waals surface area contributed by atoms with Gasteiger partial charge in [-0.25, -0.2) is 4.79 Å². The highest BCUT2D eigenvalue weighted by molar-refractivity contribution is 6.10. The Morgan fingerprint density at radius 2 is 1.91 bits per heavy atom. The van der Waals surface area contributed by atoms with Crippen LogP contribution in [0, 0.1) is 0 Å². The molecule has 0 bridgehead atoms. The van der Waals surface area contributed by atoms with E-state index in [2.05, 4.69) is 10.1 Å². The monoisotopic (exact) mass is 303 g/mol. The SMILES string of the molecule is COC(=O)[C@H](CO)NC(=O)c1c(OC)ccc2ccccc12. The van der Waals surface area contributed by atoms with Gasteiger partial charge in [0.15, 0.2) is 6.04 Å². The van der Waals surface area contributed by atoms with E-state index in [1.54, 1.807) is 12.1 Å². The molecule has 0 fully saturated rings. The van der Waals surface area contributed by atoms with Crippen molar-refractivity contribution in [2.75, 3.05) is 20.8 Å². The molecule has 2 N–H and O–H groups in total. The summed E-state index contributed by atoms with van der Waals surface area (Å²) in [6, 6.07) is 9.73. The number of aliphatic hydroxyl groups excluding tert-OH is 1. The minimum absolute atomic E-state index is 0.308. The van der Waals surface area contributed by atoms with Gasteiger partial charge in [-0.2, -0.15) is 0 Å². The molecule has 2 aromatic rings. The molecule has 1 atom stereocenters. The maximum absolute atomic E-state index is 12.5. The first-order chi connectivity index (χ1) is 10.6. The molecule has 2 aromatic carbocycles. The van der Waals surface area contributed by atoms with Crippen LogP contribution in [0.1, 0.15) is 10.4 Å². The molecule has 1 amide bonds. The maximum atomic E-state index is 12.5. The number of hydrogen-bond acceptors (Lipinski definition) is 5. The zero-order valence-corrected chi connectivity index (χ0v) is 12.3. The van der Waals surface area contributed by atoms with Gasteiger partial charge in [-0.05, 0) is 16.8 Å². The lowest BCUT2D eigenvalue weighted by Gasteiger charge is -2.16. The number of carbonyl (C=O) groups excluding carboxylic acids is 2. The van der Waals surface area contributed by atoms with Crippen LogP contribution in [-0.4, -0.2) is 43.9 Å². The molecule has 0 radical (unpaired) electrons. The molecule has 0 saturated carbocycles. The number of amides is 1. The molecule has 6 nitrogen and oxygen atoms in total. The fourth-order valence-electron chi connectivity index (χ4n) is 2.21. The highest BCUT2D eigenvalue weighted by Crippen LogP contribution is 2.27. The molecule has 116 valence electrons. The molecular formula is C16H17NO5. The minimum atomic E-state index is -1.12. The zero-order valence-electron chi connectivity index (χ0n) is 12.3.